The number of anilines is 1. The zero-order valence-electron chi connectivity index (χ0n) is 12.5. The van der Waals surface area contributed by atoms with Crippen LogP contribution >= 0.6 is 11.3 Å². The van der Waals surface area contributed by atoms with E-state index in [1.165, 1.54) is 17.4 Å². The summed E-state index contributed by atoms with van der Waals surface area (Å²) < 4.78 is 32.5. The molecule has 22 heavy (non-hydrogen) atoms. The van der Waals surface area contributed by atoms with Crippen LogP contribution in [-0.2, 0) is 21.4 Å². The van der Waals surface area contributed by atoms with Gasteiger partial charge in [0.1, 0.15) is 11.1 Å². The number of nitriles is 1. The molecular formula is C15H16N2O3S2. The number of hydrogen-bond acceptors (Lipinski definition) is 5. The molecule has 5 nitrogen and oxygen atoms in total. The Bertz CT molecular complexity index is 833. The highest BCUT2D eigenvalue weighted by molar-refractivity contribution is 7.93. The molecule has 0 aliphatic heterocycles. The summed E-state index contributed by atoms with van der Waals surface area (Å²) in [5.41, 5.74) is 1.95. The van der Waals surface area contributed by atoms with Crippen LogP contribution in [0.4, 0.5) is 5.00 Å². The average molecular weight is 336 g/mol. The van der Waals surface area contributed by atoms with Crippen LogP contribution in [0.25, 0.3) is 0 Å². The fraction of sp³-hybridized carbons (Fsp3) is 0.267. The number of sulfonamides is 1. The van der Waals surface area contributed by atoms with E-state index in [2.05, 4.69) is 10.8 Å². The first-order valence-corrected chi connectivity index (χ1v) is 8.79. The van der Waals surface area contributed by atoms with E-state index in [0.717, 1.165) is 16.0 Å². The molecule has 0 fully saturated rings. The van der Waals surface area contributed by atoms with Crippen molar-refractivity contribution < 1.29 is 13.2 Å². The van der Waals surface area contributed by atoms with Crippen LogP contribution < -0.4 is 4.72 Å². The molecule has 7 heteroatoms. The number of aryl methyl sites for hydroxylation is 1. The summed E-state index contributed by atoms with van der Waals surface area (Å²) in [7, 11) is -2.19. The molecule has 0 atom stereocenters. The Morgan fingerprint density at radius 3 is 2.73 bits per heavy atom. The van der Waals surface area contributed by atoms with Crippen molar-refractivity contribution in [3.8, 4) is 6.07 Å². The maximum absolute atomic E-state index is 12.5. The summed E-state index contributed by atoms with van der Waals surface area (Å²) in [4.78, 5) is 1.07. The number of thiophene rings is 1. The SMILES string of the molecule is COCc1cccc(S(=O)(=O)Nc2sc(C)c(C)c2C#N)c1. The van der Waals surface area contributed by atoms with Crippen LogP contribution in [0.2, 0.25) is 0 Å². The summed E-state index contributed by atoms with van der Waals surface area (Å²) in [6, 6.07) is 8.59. The Morgan fingerprint density at radius 1 is 1.36 bits per heavy atom. The lowest BCUT2D eigenvalue weighted by Crippen LogP contribution is -2.13. The maximum atomic E-state index is 12.5. The van der Waals surface area contributed by atoms with Gasteiger partial charge in [0.05, 0.1) is 17.1 Å². The first kappa shape index (κ1) is 16.5. The summed E-state index contributed by atoms with van der Waals surface area (Å²) in [6.45, 7) is 4.00. The number of hydrogen-bond donors (Lipinski definition) is 1. The number of methoxy groups -OCH3 is 1. The van der Waals surface area contributed by atoms with E-state index in [4.69, 9.17) is 4.74 Å². The number of rotatable bonds is 5. The summed E-state index contributed by atoms with van der Waals surface area (Å²) >= 11 is 1.26. The normalized spacial score (nSPS) is 11.2. The lowest BCUT2D eigenvalue weighted by Gasteiger charge is -2.08. The number of ether oxygens (including phenoxy) is 1. The van der Waals surface area contributed by atoms with Crippen molar-refractivity contribution in [1.82, 2.24) is 0 Å². The second kappa shape index (κ2) is 6.48. The molecule has 116 valence electrons. The molecule has 0 aliphatic carbocycles. The van der Waals surface area contributed by atoms with Gasteiger partial charge in [-0.2, -0.15) is 5.26 Å². The van der Waals surface area contributed by atoms with Gasteiger partial charge in [0.25, 0.3) is 10.0 Å². The van der Waals surface area contributed by atoms with E-state index in [9.17, 15) is 13.7 Å². The van der Waals surface area contributed by atoms with Crippen LogP contribution in [0, 0.1) is 25.2 Å². The van der Waals surface area contributed by atoms with E-state index in [0.29, 0.717) is 17.2 Å². The number of benzene rings is 1. The van der Waals surface area contributed by atoms with Crippen LogP contribution in [0.3, 0.4) is 0 Å². The molecule has 0 unspecified atom stereocenters. The van der Waals surface area contributed by atoms with E-state index >= 15 is 0 Å². The van der Waals surface area contributed by atoms with Crippen LogP contribution in [-0.4, -0.2) is 15.5 Å². The van der Waals surface area contributed by atoms with Crippen molar-refractivity contribution in [2.45, 2.75) is 25.3 Å². The fourth-order valence-corrected chi connectivity index (χ4v) is 4.37. The Morgan fingerprint density at radius 2 is 2.09 bits per heavy atom. The third-order valence-electron chi connectivity index (χ3n) is 3.24. The van der Waals surface area contributed by atoms with Crippen molar-refractivity contribution in [2.24, 2.45) is 0 Å². The Labute approximate surface area is 134 Å². The highest BCUT2D eigenvalue weighted by Gasteiger charge is 2.20. The molecule has 0 saturated heterocycles. The quantitative estimate of drug-likeness (QED) is 0.909. The zero-order valence-corrected chi connectivity index (χ0v) is 14.1. The van der Waals surface area contributed by atoms with Crippen LogP contribution in [0.5, 0.6) is 0 Å². The maximum Gasteiger partial charge on any atom is 0.262 e. The van der Waals surface area contributed by atoms with Gasteiger partial charge in [-0.05, 0) is 37.1 Å². The minimum Gasteiger partial charge on any atom is -0.380 e. The molecule has 2 aromatic rings. The standard InChI is InChI=1S/C15H16N2O3S2/c1-10-11(2)21-15(14(10)8-16)17-22(18,19)13-6-4-5-12(7-13)9-20-3/h4-7,17H,9H2,1-3H3. The molecule has 1 aromatic carbocycles. The third kappa shape index (κ3) is 3.30. The minimum atomic E-state index is -3.74. The smallest absolute Gasteiger partial charge is 0.262 e. The van der Waals surface area contributed by atoms with E-state index in [1.807, 2.05) is 6.92 Å². The molecule has 0 spiro atoms. The Kier molecular flexibility index (Phi) is 4.86. The summed E-state index contributed by atoms with van der Waals surface area (Å²) in [5.74, 6) is 0. The minimum absolute atomic E-state index is 0.148. The van der Waals surface area contributed by atoms with Gasteiger partial charge in [-0.3, -0.25) is 4.72 Å². The predicted molar refractivity (Wildman–Crippen MR) is 86.5 cm³/mol. The molecule has 1 heterocycles. The Balaban J connectivity index is 2.38. The average Bonchev–Trinajstić information content (AvgIpc) is 2.73. The molecule has 0 amide bonds. The molecule has 0 bridgehead atoms. The third-order valence-corrected chi connectivity index (χ3v) is 5.84. The largest absolute Gasteiger partial charge is 0.380 e. The molecule has 2 rings (SSSR count). The van der Waals surface area contributed by atoms with Gasteiger partial charge in [-0.1, -0.05) is 12.1 Å². The number of nitrogens with one attached hydrogen (secondary N) is 1. The topological polar surface area (TPSA) is 79.2 Å². The van der Waals surface area contributed by atoms with Crippen molar-refractivity contribution in [3.05, 3.63) is 45.8 Å². The van der Waals surface area contributed by atoms with Gasteiger partial charge >= 0.3 is 0 Å². The van der Waals surface area contributed by atoms with Gasteiger partial charge in [-0.15, -0.1) is 11.3 Å². The number of nitrogens with zero attached hydrogens (tertiary/aromatic N) is 1. The second-order valence-corrected chi connectivity index (χ2v) is 7.69. The van der Waals surface area contributed by atoms with Crippen LogP contribution in [0.15, 0.2) is 29.2 Å². The molecule has 1 aromatic heterocycles. The molecule has 0 saturated carbocycles. The molecule has 0 radical (unpaired) electrons. The highest BCUT2D eigenvalue weighted by atomic mass is 32.2. The molecular weight excluding hydrogens is 320 g/mol. The highest BCUT2D eigenvalue weighted by Crippen LogP contribution is 2.33. The van der Waals surface area contributed by atoms with Crippen molar-refractivity contribution in [1.29, 1.82) is 5.26 Å². The van der Waals surface area contributed by atoms with Gasteiger partial charge in [-0.25, -0.2) is 8.42 Å². The van der Waals surface area contributed by atoms with Gasteiger partial charge in [0.2, 0.25) is 0 Å². The summed E-state index contributed by atoms with van der Waals surface area (Å²) in [5, 5.41) is 9.56. The monoisotopic (exact) mass is 336 g/mol. The van der Waals surface area contributed by atoms with E-state index in [1.54, 1.807) is 32.2 Å². The van der Waals surface area contributed by atoms with E-state index in [-0.39, 0.29) is 4.90 Å². The fourth-order valence-electron chi connectivity index (χ4n) is 1.98. The molecule has 1 N–H and O–H groups in total. The second-order valence-electron chi connectivity index (χ2n) is 4.79. The first-order chi connectivity index (χ1) is 10.4. The van der Waals surface area contributed by atoms with Crippen molar-refractivity contribution in [3.63, 3.8) is 0 Å². The van der Waals surface area contributed by atoms with Crippen LogP contribution in [0.1, 0.15) is 21.6 Å². The lowest BCUT2D eigenvalue weighted by atomic mass is 10.2. The predicted octanol–water partition coefficient (Wildman–Crippen LogP) is 3.18. The van der Waals surface area contributed by atoms with E-state index < -0.39 is 10.0 Å². The molecule has 0 aliphatic rings. The summed E-state index contributed by atoms with van der Waals surface area (Å²) in [6.07, 6.45) is 0. The van der Waals surface area contributed by atoms with Gasteiger partial charge in [0.15, 0.2) is 0 Å². The lowest BCUT2D eigenvalue weighted by molar-refractivity contribution is 0.184. The van der Waals surface area contributed by atoms with Crippen molar-refractivity contribution >= 4 is 26.4 Å². The Hall–Kier alpha value is -1.88. The van der Waals surface area contributed by atoms with Gasteiger partial charge < -0.3 is 4.74 Å². The van der Waals surface area contributed by atoms with Crippen molar-refractivity contribution in [2.75, 3.05) is 11.8 Å². The van der Waals surface area contributed by atoms with Gasteiger partial charge in [0, 0.05) is 12.0 Å². The zero-order chi connectivity index (χ0) is 16.3. The first-order valence-electron chi connectivity index (χ1n) is 6.50.